The number of hydrogen-bond donors (Lipinski definition) is 3. The third-order valence-corrected chi connectivity index (χ3v) is 3.21. The van der Waals surface area contributed by atoms with Crippen molar-refractivity contribution in [3.8, 4) is 5.75 Å². The van der Waals surface area contributed by atoms with Crippen LogP contribution in [0.4, 0.5) is 5.69 Å². The van der Waals surface area contributed by atoms with E-state index in [-0.39, 0.29) is 11.9 Å². The maximum atomic E-state index is 12.0. The lowest BCUT2D eigenvalue weighted by molar-refractivity contribution is -0.121. The fourth-order valence-corrected chi connectivity index (χ4v) is 2.10. The summed E-state index contributed by atoms with van der Waals surface area (Å²) in [5, 5.41) is 2.78. The van der Waals surface area contributed by atoms with Crippen LogP contribution in [-0.2, 0) is 4.79 Å². The molecule has 0 aliphatic rings. The Morgan fingerprint density at radius 2 is 2.11 bits per heavy atom. The number of methoxy groups -OCH3 is 1. The molecule has 0 saturated carbocycles. The monoisotopic (exact) mass is 283 g/mol. The van der Waals surface area contributed by atoms with Gasteiger partial charge in [0.25, 0.3) is 0 Å². The molecule has 3 N–H and O–H groups in total. The summed E-state index contributed by atoms with van der Waals surface area (Å²) in [6.45, 7) is 0.900. The lowest BCUT2D eigenvalue weighted by Crippen LogP contribution is -2.47. The molecule has 0 fully saturated rings. The number of benzene rings is 1. The molecule has 6 heteroatoms. The van der Waals surface area contributed by atoms with Gasteiger partial charge in [0.2, 0.25) is 5.91 Å². The molecule has 106 valence electrons. The molecule has 0 aliphatic carbocycles. The molecule has 0 spiro atoms. The molecule has 0 radical (unpaired) electrons. The van der Waals surface area contributed by atoms with Crippen molar-refractivity contribution in [2.24, 2.45) is 5.73 Å². The van der Waals surface area contributed by atoms with E-state index in [0.29, 0.717) is 18.8 Å². The minimum atomic E-state index is -0.330. The maximum Gasteiger partial charge on any atom is 0.243 e. The summed E-state index contributed by atoms with van der Waals surface area (Å²) >= 11 is 4.25. The van der Waals surface area contributed by atoms with Crippen LogP contribution in [0, 0.1) is 0 Å². The third-order valence-electron chi connectivity index (χ3n) is 2.87. The van der Waals surface area contributed by atoms with Crippen molar-refractivity contribution in [3.63, 3.8) is 0 Å². The molecule has 1 rings (SSSR count). The highest BCUT2D eigenvalue weighted by Gasteiger charge is 2.21. The van der Waals surface area contributed by atoms with E-state index in [9.17, 15) is 4.79 Å². The van der Waals surface area contributed by atoms with Crippen LogP contribution >= 0.6 is 12.6 Å². The molecule has 19 heavy (non-hydrogen) atoms. The van der Waals surface area contributed by atoms with Crippen LogP contribution in [0.1, 0.15) is 0 Å². The van der Waals surface area contributed by atoms with E-state index < -0.39 is 0 Å². The molecule has 1 aromatic carbocycles. The Hall–Kier alpha value is -1.40. The zero-order chi connectivity index (χ0) is 14.3. The summed E-state index contributed by atoms with van der Waals surface area (Å²) in [4.78, 5) is 13.9. The van der Waals surface area contributed by atoms with Gasteiger partial charge in [-0.2, -0.15) is 12.6 Å². The van der Waals surface area contributed by atoms with Crippen molar-refractivity contribution in [1.82, 2.24) is 5.32 Å². The Labute approximate surface area is 119 Å². The first-order valence-corrected chi connectivity index (χ1v) is 6.72. The number of nitrogens with two attached hydrogens (primary N) is 1. The van der Waals surface area contributed by atoms with Crippen molar-refractivity contribution in [3.05, 3.63) is 24.3 Å². The second-order valence-electron chi connectivity index (χ2n) is 4.09. The first-order valence-electron chi connectivity index (χ1n) is 6.09. The normalized spacial score (nSPS) is 11.8. The van der Waals surface area contributed by atoms with Crippen LogP contribution in [0.3, 0.4) is 0 Å². The number of nitrogens with one attached hydrogen (secondary N) is 1. The Kier molecular flexibility index (Phi) is 6.52. The van der Waals surface area contributed by atoms with E-state index in [1.54, 1.807) is 7.11 Å². The van der Waals surface area contributed by atoms with Crippen LogP contribution in [-0.4, -0.2) is 44.9 Å². The van der Waals surface area contributed by atoms with Gasteiger partial charge in [0.1, 0.15) is 11.8 Å². The largest absolute Gasteiger partial charge is 0.497 e. The Morgan fingerprint density at radius 3 is 2.58 bits per heavy atom. The van der Waals surface area contributed by atoms with Crippen LogP contribution < -0.4 is 20.7 Å². The number of thiol groups is 1. The fraction of sp³-hybridized carbons (Fsp3) is 0.462. The van der Waals surface area contributed by atoms with Gasteiger partial charge in [0, 0.05) is 31.6 Å². The molecular weight excluding hydrogens is 262 g/mol. The maximum absolute atomic E-state index is 12.0. The molecule has 0 aliphatic heterocycles. The Balaban J connectivity index is 2.76. The highest BCUT2D eigenvalue weighted by Crippen LogP contribution is 2.20. The second-order valence-corrected chi connectivity index (χ2v) is 4.45. The molecule has 0 aromatic heterocycles. The minimum absolute atomic E-state index is 0.0706. The van der Waals surface area contributed by atoms with E-state index in [4.69, 9.17) is 10.5 Å². The minimum Gasteiger partial charge on any atom is -0.497 e. The molecule has 1 atom stereocenters. The number of hydrogen-bond acceptors (Lipinski definition) is 5. The van der Waals surface area contributed by atoms with E-state index >= 15 is 0 Å². The highest BCUT2D eigenvalue weighted by atomic mass is 32.1. The molecule has 0 unspecified atom stereocenters. The van der Waals surface area contributed by atoms with Crippen molar-refractivity contribution in [1.29, 1.82) is 0 Å². The third kappa shape index (κ3) is 4.33. The van der Waals surface area contributed by atoms with Crippen LogP contribution in [0.2, 0.25) is 0 Å². The number of rotatable bonds is 7. The van der Waals surface area contributed by atoms with Crippen LogP contribution in [0.25, 0.3) is 0 Å². The van der Waals surface area contributed by atoms with Gasteiger partial charge in [0.15, 0.2) is 0 Å². The predicted molar refractivity (Wildman–Crippen MR) is 81.1 cm³/mol. The first-order chi connectivity index (χ1) is 9.13. The van der Waals surface area contributed by atoms with Crippen molar-refractivity contribution in [2.45, 2.75) is 6.04 Å². The molecule has 1 amide bonds. The van der Waals surface area contributed by atoms with E-state index in [1.165, 1.54) is 0 Å². The van der Waals surface area contributed by atoms with Crippen LogP contribution in [0.15, 0.2) is 24.3 Å². The number of amides is 1. The predicted octanol–water partition coefficient (Wildman–Crippen LogP) is 0.505. The lowest BCUT2D eigenvalue weighted by atomic mass is 10.2. The number of ether oxygens (including phenoxy) is 1. The van der Waals surface area contributed by atoms with Gasteiger partial charge < -0.3 is 20.7 Å². The number of likely N-dealkylation sites (N-methyl/N-ethyl adjacent to an activating group) is 1. The smallest absolute Gasteiger partial charge is 0.243 e. The molecule has 1 aromatic rings. The van der Waals surface area contributed by atoms with Crippen molar-refractivity contribution >= 4 is 24.2 Å². The SMILES string of the molecule is COc1ccc(N(C)[C@@H](CS)C(=O)NCCN)cc1. The summed E-state index contributed by atoms with van der Waals surface area (Å²) in [5.41, 5.74) is 6.31. The van der Waals surface area contributed by atoms with Gasteiger partial charge in [-0.1, -0.05) is 0 Å². The molecule has 0 heterocycles. The number of carbonyl (C=O) groups excluding carboxylic acids is 1. The van der Waals surface area contributed by atoms with Crippen LogP contribution in [0.5, 0.6) is 5.75 Å². The van der Waals surface area contributed by atoms with E-state index in [0.717, 1.165) is 11.4 Å². The molecular formula is C13H21N3O2S. The van der Waals surface area contributed by atoms with Gasteiger partial charge in [-0.3, -0.25) is 4.79 Å². The fourth-order valence-electron chi connectivity index (χ4n) is 1.69. The first kappa shape index (κ1) is 15.7. The number of nitrogens with zero attached hydrogens (tertiary/aromatic N) is 1. The lowest BCUT2D eigenvalue weighted by Gasteiger charge is -2.28. The standard InChI is InChI=1S/C13H21N3O2S/c1-16(10-3-5-11(18-2)6-4-10)12(9-19)13(17)15-8-7-14/h3-6,12,19H,7-9,14H2,1-2H3,(H,15,17)/t12-/m0/s1. The average molecular weight is 283 g/mol. The summed E-state index contributed by atoms with van der Waals surface area (Å²) in [6, 6.07) is 7.21. The number of carbonyl (C=O) groups is 1. The number of anilines is 1. The summed E-state index contributed by atoms with van der Waals surface area (Å²) < 4.78 is 5.11. The topological polar surface area (TPSA) is 67.6 Å². The quantitative estimate of drug-likeness (QED) is 0.638. The van der Waals surface area contributed by atoms with Gasteiger partial charge in [-0.25, -0.2) is 0 Å². The van der Waals surface area contributed by atoms with E-state index in [1.807, 2.05) is 36.2 Å². The second kappa shape index (κ2) is 7.91. The van der Waals surface area contributed by atoms with Gasteiger partial charge >= 0.3 is 0 Å². The Bertz CT molecular complexity index is 397. The summed E-state index contributed by atoms with van der Waals surface area (Å²) in [5.74, 6) is 1.14. The van der Waals surface area contributed by atoms with Gasteiger partial charge in [0.05, 0.1) is 7.11 Å². The van der Waals surface area contributed by atoms with Crippen molar-refractivity contribution < 1.29 is 9.53 Å². The zero-order valence-corrected chi connectivity index (χ0v) is 12.2. The Morgan fingerprint density at radius 1 is 1.47 bits per heavy atom. The molecule has 0 bridgehead atoms. The zero-order valence-electron chi connectivity index (χ0n) is 11.3. The summed E-state index contributed by atoms with van der Waals surface area (Å²) in [7, 11) is 3.49. The van der Waals surface area contributed by atoms with E-state index in [2.05, 4.69) is 17.9 Å². The van der Waals surface area contributed by atoms with Gasteiger partial charge in [-0.05, 0) is 24.3 Å². The van der Waals surface area contributed by atoms with Gasteiger partial charge in [-0.15, -0.1) is 0 Å². The average Bonchev–Trinajstić information content (AvgIpc) is 2.45. The highest BCUT2D eigenvalue weighted by molar-refractivity contribution is 7.80. The summed E-state index contributed by atoms with van der Waals surface area (Å²) in [6.07, 6.45) is 0. The molecule has 0 saturated heterocycles. The molecule has 5 nitrogen and oxygen atoms in total. The van der Waals surface area contributed by atoms with Crippen molar-refractivity contribution in [2.75, 3.05) is 37.9 Å².